The summed E-state index contributed by atoms with van der Waals surface area (Å²) >= 11 is 0. The van der Waals surface area contributed by atoms with Gasteiger partial charge in [-0.1, -0.05) is 4.85 Å². The minimum Gasteiger partial charge on any atom is -0.444 e. The molecule has 0 aromatic heterocycles. The number of hydrogen-bond donors (Lipinski definition) is 0. The van der Waals surface area contributed by atoms with Gasteiger partial charge in [0.05, 0.1) is 0 Å². The van der Waals surface area contributed by atoms with Gasteiger partial charge in [-0.15, -0.1) is 0 Å². The molecule has 17 heavy (non-hydrogen) atoms. The molecule has 0 spiro atoms. The molecule has 1 amide bonds. The number of hydrogen-bond acceptors (Lipinski definition) is 2. The molecule has 1 unspecified atom stereocenters. The van der Waals surface area contributed by atoms with E-state index in [1.807, 2.05) is 25.7 Å². The lowest BCUT2D eigenvalue weighted by molar-refractivity contribution is 0.0280. The molecule has 1 aliphatic heterocycles. The minimum atomic E-state index is -0.413. The summed E-state index contributed by atoms with van der Waals surface area (Å²) in [6.45, 7) is 12.6. The Morgan fingerprint density at radius 1 is 1.29 bits per heavy atom. The first kappa shape index (κ1) is 12.2. The van der Waals surface area contributed by atoms with E-state index in [1.54, 1.807) is 0 Å². The number of carbonyl (C=O) groups excluding carboxylic acids is 1. The van der Waals surface area contributed by atoms with Gasteiger partial charge in [-0.3, -0.25) is 0 Å². The Morgan fingerprint density at radius 3 is 2.24 bits per heavy atom. The zero-order chi connectivity index (χ0) is 12.6. The summed E-state index contributed by atoms with van der Waals surface area (Å²) in [4.78, 5) is 17.6. The Kier molecular flexibility index (Phi) is 3.03. The fraction of sp³-hybridized carbons (Fsp3) is 0.846. The van der Waals surface area contributed by atoms with E-state index in [0.717, 1.165) is 25.9 Å². The van der Waals surface area contributed by atoms with E-state index in [2.05, 4.69) is 4.85 Å². The van der Waals surface area contributed by atoms with Gasteiger partial charge in [0, 0.05) is 25.9 Å². The van der Waals surface area contributed by atoms with Crippen molar-refractivity contribution in [2.45, 2.75) is 45.3 Å². The van der Waals surface area contributed by atoms with Crippen molar-refractivity contribution >= 4 is 6.09 Å². The molecule has 0 radical (unpaired) electrons. The molecule has 1 heterocycles. The molecule has 3 atom stereocenters. The molecule has 2 fully saturated rings. The van der Waals surface area contributed by atoms with Crippen molar-refractivity contribution in [1.82, 2.24) is 4.90 Å². The number of nitrogens with zero attached hydrogens (tertiary/aromatic N) is 2. The van der Waals surface area contributed by atoms with Crippen molar-refractivity contribution in [2.24, 2.45) is 11.8 Å². The van der Waals surface area contributed by atoms with Gasteiger partial charge < -0.3 is 9.64 Å². The lowest BCUT2D eigenvalue weighted by atomic mass is 10.0. The highest BCUT2D eigenvalue weighted by Crippen LogP contribution is 2.39. The van der Waals surface area contributed by atoms with Crippen LogP contribution < -0.4 is 0 Å². The lowest BCUT2D eigenvalue weighted by Gasteiger charge is -2.24. The Bertz CT molecular complexity index is 339. The van der Waals surface area contributed by atoms with Crippen LogP contribution >= 0.6 is 0 Å². The van der Waals surface area contributed by atoms with Crippen LogP contribution in [0.2, 0.25) is 0 Å². The highest BCUT2D eigenvalue weighted by Gasteiger charge is 2.46. The molecule has 94 valence electrons. The molecule has 2 aliphatic rings. The van der Waals surface area contributed by atoms with Crippen LogP contribution in [0.5, 0.6) is 0 Å². The first-order valence-electron chi connectivity index (χ1n) is 6.27. The van der Waals surface area contributed by atoms with Crippen LogP contribution in [-0.4, -0.2) is 35.7 Å². The number of amides is 1. The molecule has 1 aliphatic carbocycles. The Hall–Kier alpha value is -1.24. The maximum atomic E-state index is 11.9. The second-order valence-corrected chi connectivity index (χ2v) is 6.18. The molecule has 2 rings (SSSR count). The number of rotatable bonds is 0. The van der Waals surface area contributed by atoms with Crippen LogP contribution in [0.3, 0.4) is 0 Å². The van der Waals surface area contributed by atoms with E-state index in [4.69, 9.17) is 11.3 Å². The molecule has 1 saturated carbocycles. The molecule has 4 heteroatoms. The molecule has 4 nitrogen and oxygen atoms in total. The average molecular weight is 237 g/mol. The molecular weight excluding hydrogens is 216 g/mol. The maximum Gasteiger partial charge on any atom is 0.410 e. The van der Waals surface area contributed by atoms with Gasteiger partial charge in [0.2, 0.25) is 0 Å². The molecule has 1 saturated heterocycles. The van der Waals surface area contributed by atoms with E-state index in [0.29, 0.717) is 17.9 Å². The monoisotopic (exact) mass is 237 g/mol. The van der Waals surface area contributed by atoms with E-state index >= 15 is 0 Å². The average Bonchev–Trinajstić information content (AvgIpc) is 2.70. The third-order valence-corrected chi connectivity index (χ3v) is 3.59. The topological polar surface area (TPSA) is 33.9 Å². The second kappa shape index (κ2) is 4.21. The van der Waals surface area contributed by atoms with Gasteiger partial charge >= 0.3 is 6.09 Å². The molecule has 0 bridgehead atoms. The SMILES string of the molecule is C#[N+]C1C[C@@H]2CN(C(=O)OC(C)(C)C)C[C@@H]2C1. The van der Waals surface area contributed by atoms with Gasteiger partial charge in [-0.2, -0.15) is 0 Å². The number of ether oxygens (including phenoxy) is 1. The summed E-state index contributed by atoms with van der Waals surface area (Å²) < 4.78 is 5.38. The maximum absolute atomic E-state index is 11.9. The summed E-state index contributed by atoms with van der Waals surface area (Å²) in [5.74, 6) is 1.11. The molecule has 0 N–H and O–H groups in total. The van der Waals surface area contributed by atoms with E-state index in [-0.39, 0.29) is 6.09 Å². The van der Waals surface area contributed by atoms with Gasteiger partial charge in [0.1, 0.15) is 5.60 Å². The minimum absolute atomic E-state index is 0.187. The van der Waals surface area contributed by atoms with E-state index < -0.39 is 5.60 Å². The van der Waals surface area contributed by atoms with Gasteiger partial charge in [0.25, 0.3) is 12.6 Å². The van der Waals surface area contributed by atoms with Crippen LogP contribution in [0.25, 0.3) is 4.85 Å². The van der Waals surface area contributed by atoms with E-state index in [9.17, 15) is 4.79 Å². The van der Waals surface area contributed by atoms with Crippen molar-refractivity contribution in [3.63, 3.8) is 0 Å². The van der Waals surface area contributed by atoms with Gasteiger partial charge in [0.15, 0.2) is 0 Å². The number of fused-ring (bicyclic) bond motifs is 1. The van der Waals surface area contributed by atoms with Crippen molar-refractivity contribution < 1.29 is 9.53 Å². The van der Waals surface area contributed by atoms with E-state index in [1.165, 1.54) is 0 Å². The summed E-state index contributed by atoms with van der Waals surface area (Å²) in [6.07, 6.45) is 1.84. The standard InChI is InChI=1S/C13H21N2O2/c1-13(2,3)17-12(16)15-7-9-5-11(14-4)6-10(9)8-15/h4,9-11H,5-8H2,1-3H3/q+1/t9-,10+,11?. The highest BCUT2D eigenvalue weighted by atomic mass is 16.6. The number of carbonyl (C=O) groups is 1. The predicted molar refractivity (Wildman–Crippen MR) is 66.1 cm³/mol. The molecule has 0 aromatic rings. The Morgan fingerprint density at radius 2 is 1.82 bits per heavy atom. The van der Waals surface area contributed by atoms with Crippen LogP contribution in [0.1, 0.15) is 33.6 Å². The van der Waals surface area contributed by atoms with Gasteiger partial charge in [-0.05, 0) is 32.6 Å². The molecule has 0 aromatic carbocycles. The van der Waals surface area contributed by atoms with Crippen molar-refractivity contribution in [2.75, 3.05) is 13.1 Å². The predicted octanol–water partition coefficient (Wildman–Crippen LogP) is 2.59. The zero-order valence-corrected chi connectivity index (χ0v) is 10.8. The van der Waals surface area contributed by atoms with Crippen molar-refractivity contribution in [3.05, 3.63) is 4.85 Å². The zero-order valence-electron chi connectivity index (χ0n) is 10.8. The first-order valence-corrected chi connectivity index (χ1v) is 6.27. The Labute approximate surface area is 103 Å². The van der Waals surface area contributed by atoms with Crippen LogP contribution in [0.15, 0.2) is 0 Å². The number of likely N-dealkylation sites (tertiary alicyclic amines) is 1. The van der Waals surface area contributed by atoms with Crippen LogP contribution in [-0.2, 0) is 4.74 Å². The largest absolute Gasteiger partial charge is 0.444 e. The summed E-state index contributed by atoms with van der Waals surface area (Å²) in [5.41, 5.74) is -0.413. The van der Waals surface area contributed by atoms with Crippen molar-refractivity contribution in [1.29, 1.82) is 0 Å². The fourth-order valence-corrected chi connectivity index (χ4v) is 2.87. The first-order chi connectivity index (χ1) is 7.89. The summed E-state index contributed by atoms with van der Waals surface area (Å²) in [5, 5.41) is 0. The summed E-state index contributed by atoms with van der Waals surface area (Å²) in [7, 11) is 0. The molecular formula is C13H21N2O2+. The summed E-state index contributed by atoms with van der Waals surface area (Å²) in [6, 6.07) is 0.297. The lowest BCUT2D eigenvalue weighted by Crippen LogP contribution is -2.36. The van der Waals surface area contributed by atoms with Crippen LogP contribution in [0.4, 0.5) is 4.79 Å². The normalized spacial score (nSPS) is 32.1. The smallest absolute Gasteiger partial charge is 0.410 e. The van der Waals surface area contributed by atoms with Gasteiger partial charge in [-0.25, -0.2) is 4.79 Å². The third-order valence-electron chi connectivity index (χ3n) is 3.59. The quantitative estimate of drug-likeness (QED) is 0.649. The third kappa shape index (κ3) is 2.71. The van der Waals surface area contributed by atoms with Crippen LogP contribution in [0, 0.1) is 18.4 Å². The highest BCUT2D eigenvalue weighted by molar-refractivity contribution is 5.68. The second-order valence-electron chi connectivity index (χ2n) is 6.18. The fourth-order valence-electron chi connectivity index (χ4n) is 2.87. The Balaban J connectivity index is 1.89. The van der Waals surface area contributed by atoms with Crippen molar-refractivity contribution in [3.8, 4) is 6.57 Å².